The van der Waals surface area contributed by atoms with Crippen molar-refractivity contribution in [1.82, 2.24) is 5.32 Å². The number of amides is 1. The maximum atomic E-state index is 11.7. The molecular weight excluding hydrogens is 232 g/mol. The van der Waals surface area contributed by atoms with Gasteiger partial charge in [0.15, 0.2) is 0 Å². The van der Waals surface area contributed by atoms with E-state index in [1.807, 2.05) is 6.07 Å². The molecule has 0 fully saturated rings. The number of hydrogen-bond acceptors (Lipinski definition) is 3. The Morgan fingerprint density at radius 1 is 1.39 bits per heavy atom. The van der Waals surface area contributed by atoms with Crippen molar-refractivity contribution in [3.63, 3.8) is 0 Å². The minimum Gasteiger partial charge on any atom is -0.481 e. The Bertz CT molecular complexity index is 432. The molecule has 0 saturated heterocycles. The van der Waals surface area contributed by atoms with E-state index in [-0.39, 0.29) is 18.4 Å². The first-order chi connectivity index (χ1) is 8.52. The third kappa shape index (κ3) is 4.55. The first kappa shape index (κ1) is 14.2. The van der Waals surface area contributed by atoms with E-state index in [1.54, 1.807) is 32.2 Å². The van der Waals surface area contributed by atoms with E-state index >= 15 is 0 Å². The lowest BCUT2D eigenvalue weighted by molar-refractivity contribution is -0.137. The zero-order valence-electron chi connectivity index (χ0n) is 10.6. The number of carbonyl (C=O) groups excluding carboxylic acids is 1. The highest BCUT2D eigenvalue weighted by Crippen LogP contribution is 2.12. The molecule has 0 heterocycles. The average Bonchev–Trinajstić information content (AvgIpc) is 2.35. The minimum atomic E-state index is -0.826. The van der Waals surface area contributed by atoms with E-state index in [4.69, 9.17) is 5.11 Å². The molecule has 1 amide bonds. The monoisotopic (exact) mass is 250 g/mol. The molecule has 5 nitrogen and oxygen atoms in total. The Hall–Kier alpha value is -1.88. The summed E-state index contributed by atoms with van der Waals surface area (Å²) < 4.78 is 0. The van der Waals surface area contributed by atoms with Crippen molar-refractivity contribution in [3.05, 3.63) is 29.8 Å². The van der Waals surface area contributed by atoms with E-state index < -0.39 is 5.97 Å². The Morgan fingerprint density at radius 3 is 2.72 bits per heavy atom. The number of benzene rings is 1. The lowest BCUT2D eigenvalue weighted by atomic mass is 10.1. The van der Waals surface area contributed by atoms with Crippen LogP contribution in [0.25, 0.3) is 0 Å². The molecular formula is C13H18N2O3. The largest absolute Gasteiger partial charge is 0.481 e. The molecule has 0 bridgehead atoms. The molecule has 0 aliphatic heterocycles. The number of hydrogen-bond donors (Lipinski definition) is 3. The van der Waals surface area contributed by atoms with E-state index in [0.717, 1.165) is 5.56 Å². The highest BCUT2D eigenvalue weighted by molar-refractivity contribution is 5.94. The lowest BCUT2D eigenvalue weighted by Crippen LogP contribution is -2.35. The van der Waals surface area contributed by atoms with Crippen LogP contribution in [0.1, 0.15) is 18.9 Å². The van der Waals surface area contributed by atoms with Crippen molar-refractivity contribution in [1.29, 1.82) is 0 Å². The standard InChI is InChI=1S/C13H18N2O3/c1-9(14-2)13(18)15-11-5-3-4-10(8-11)6-7-12(16)17/h3-5,8-9,14H,6-7H2,1-2H3,(H,15,18)(H,16,17). The van der Waals surface area contributed by atoms with Crippen LogP contribution >= 0.6 is 0 Å². The first-order valence-electron chi connectivity index (χ1n) is 5.82. The number of nitrogens with one attached hydrogen (secondary N) is 2. The molecule has 1 atom stereocenters. The normalized spacial score (nSPS) is 11.9. The fourth-order valence-electron chi connectivity index (χ4n) is 1.44. The minimum absolute atomic E-state index is 0.0876. The van der Waals surface area contributed by atoms with Gasteiger partial charge in [0, 0.05) is 12.1 Å². The zero-order chi connectivity index (χ0) is 13.5. The summed E-state index contributed by atoms with van der Waals surface area (Å²) in [5.41, 5.74) is 1.58. The van der Waals surface area contributed by atoms with Crippen LogP contribution in [0.5, 0.6) is 0 Å². The predicted molar refractivity (Wildman–Crippen MR) is 69.6 cm³/mol. The molecule has 0 aliphatic rings. The van der Waals surface area contributed by atoms with Gasteiger partial charge in [-0.2, -0.15) is 0 Å². The third-order valence-electron chi connectivity index (χ3n) is 2.65. The van der Waals surface area contributed by atoms with Gasteiger partial charge in [-0.15, -0.1) is 0 Å². The number of rotatable bonds is 6. The first-order valence-corrected chi connectivity index (χ1v) is 5.82. The summed E-state index contributed by atoms with van der Waals surface area (Å²) in [5, 5.41) is 14.2. The third-order valence-corrected chi connectivity index (χ3v) is 2.65. The van der Waals surface area contributed by atoms with Gasteiger partial charge in [0.1, 0.15) is 0 Å². The number of likely N-dealkylation sites (N-methyl/N-ethyl adjacent to an activating group) is 1. The smallest absolute Gasteiger partial charge is 0.303 e. The fourth-order valence-corrected chi connectivity index (χ4v) is 1.44. The highest BCUT2D eigenvalue weighted by Gasteiger charge is 2.10. The van der Waals surface area contributed by atoms with Gasteiger partial charge in [-0.25, -0.2) is 0 Å². The molecule has 5 heteroatoms. The number of aryl methyl sites for hydroxylation is 1. The molecule has 1 aromatic carbocycles. The highest BCUT2D eigenvalue weighted by atomic mass is 16.4. The van der Waals surface area contributed by atoms with Gasteiger partial charge < -0.3 is 15.7 Å². The van der Waals surface area contributed by atoms with Crippen molar-refractivity contribution in [2.75, 3.05) is 12.4 Å². The van der Waals surface area contributed by atoms with Gasteiger partial charge in [0.2, 0.25) is 5.91 Å². The Labute approximate surface area is 106 Å². The van der Waals surface area contributed by atoms with Crippen LogP contribution in [0, 0.1) is 0 Å². The van der Waals surface area contributed by atoms with E-state index in [2.05, 4.69) is 10.6 Å². The van der Waals surface area contributed by atoms with Crippen LogP contribution in [0.4, 0.5) is 5.69 Å². The van der Waals surface area contributed by atoms with Crippen LogP contribution < -0.4 is 10.6 Å². The summed E-state index contributed by atoms with van der Waals surface area (Å²) in [6, 6.07) is 6.96. The fraction of sp³-hybridized carbons (Fsp3) is 0.385. The molecule has 0 aromatic heterocycles. The van der Waals surface area contributed by atoms with Gasteiger partial charge in [-0.1, -0.05) is 12.1 Å². The summed E-state index contributed by atoms with van der Waals surface area (Å²) in [5.74, 6) is -0.943. The van der Waals surface area contributed by atoms with Gasteiger partial charge in [0.05, 0.1) is 6.04 Å². The number of anilines is 1. The number of carbonyl (C=O) groups is 2. The average molecular weight is 250 g/mol. The summed E-state index contributed by atoms with van der Waals surface area (Å²) in [4.78, 5) is 22.1. The van der Waals surface area contributed by atoms with Crippen LogP contribution in [-0.4, -0.2) is 30.1 Å². The molecule has 98 valence electrons. The van der Waals surface area contributed by atoms with Crippen LogP contribution in [0.3, 0.4) is 0 Å². The second-order valence-electron chi connectivity index (χ2n) is 4.09. The Morgan fingerprint density at radius 2 is 2.11 bits per heavy atom. The van der Waals surface area contributed by atoms with E-state index in [9.17, 15) is 9.59 Å². The van der Waals surface area contributed by atoms with Gasteiger partial charge in [-0.3, -0.25) is 9.59 Å². The molecule has 0 saturated carbocycles. The number of carboxylic acids is 1. The summed E-state index contributed by atoms with van der Waals surface area (Å²) >= 11 is 0. The molecule has 3 N–H and O–H groups in total. The van der Waals surface area contributed by atoms with Crippen molar-refractivity contribution >= 4 is 17.6 Å². The molecule has 1 unspecified atom stereocenters. The van der Waals surface area contributed by atoms with Crippen molar-refractivity contribution in [2.24, 2.45) is 0 Å². The van der Waals surface area contributed by atoms with Crippen LogP contribution in [0.2, 0.25) is 0 Å². The summed E-state index contributed by atoms with van der Waals surface area (Å²) in [6.45, 7) is 1.77. The van der Waals surface area contributed by atoms with Crippen molar-refractivity contribution < 1.29 is 14.7 Å². The van der Waals surface area contributed by atoms with Crippen molar-refractivity contribution in [3.8, 4) is 0 Å². The molecule has 18 heavy (non-hydrogen) atoms. The number of aliphatic carboxylic acids is 1. The molecule has 0 spiro atoms. The Kier molecular flexibility index (Phi) is 5.32. The maximum absolute atomic E-state index is 11.7. The van der Waals surface area contributed by atoms with E-state index in [0.29, 0.717) is 12.1 Å². The molecule has 0 aliphatic carbocycles. The van der Waals surface area contributed by atoms with Gasteiger partial charge in [0.25, 0.3) is 0 Å². The maximum Gasteiger partial charge on any atom is 0.303 e. The van der Waals surface area contributed by atoms with Gasteiger partial charge >= 0.3 is 5.97 Å². The van der Waals surface area contributed by atoms with Crippen molar-refractivity contribution in [2.45, 2.75) is 25.8 Å². The Balaban J connectivity index is 2.64. The molecule has 1 rings (SSSR count). The predicted octanol–water partition coefficient (Wildman–Crippen LogP) is 1.25. The molecule has 0 radical (unpaired) electrons. The topological polar surface area (TPSA) is 78.4 Å². The number of carboxylic acid groups (broad SMARTS) is 1. The SMILES string of the molecule is CNC(C)C(=O)Nc1cccc(CCC(=O)O)c1. The molecule has 1 aromatic rings. The van der Waals surface area contributed by atoms with E-state index in [1.165, 1.54) is 0 Å². The van der Waals surface area contributed by atoms with Gasteiger partial charge in [-0.05, 0) is 38.1 Å². The quantitative estimate of drug-likeness (QED) is 0.710. The van der Waals surface area contributed by atoms with Crippen LogP contribution in [-0.2, 0) is 16.0 Å². The summed E-state index contributed by atoms with van der Waals surface area (Å²) in [7, 11) is 1.72. The zero-order valence-corrected chi connectivity index (χ0v) is 10.6. The second-order valence-corrected chi connectivity index (χ2v) is 4.09. The lowest BCUT2D eigenvalue weighted by Gasteiger charge is -2.11. The second kappa shape index (κ2) is 6.76. The summed E-state index contributed by atoms with van der Waals surface area (Å²) in [6.07, 6.45) is 0.547. The van der Waals surface area contributed by atoms with Crippen LogP contribution in [0.15, 0.2) is 24.3 Å².